The van der Waals surface area contributed by atoms with E-state index in [2.05, 4.69) is 48.5 Å². The van der Waals surface area contributed by atoms with Gasteiger partial charge in [0.2, 0.25) is 5.91 Å². The maximum Gasteiger partial charge on any atom is 0.222 e. The zero-order valence-electron chi connectivity index (χ0n) is 14.6. The van der Waals surface area contributed by atoms with Crippen molar-refractivity contribution in [3.05, 3.63) is 60.2 Å². The first kappa shape index (κ1) is 16.3. The molecule has 2 aliphatic heterocycles. The van der Waals surface area contributed by atoms with Crippen molar-refractivity contribution in [2.75, 3.05) is 13.2 Å². The van der Waals surface area contributed by atoms with Crippen molar-refractivity contribution in [1.82, 2.24) is 4.90 Å². The summed E-state index contributed by atoms with van der Waals surface area (Å²) in [5.74, 6) is 0.262. The molecule has 3 heteroatoms. The van der Waals surface area contributed by atoms with Crippen LogP contribution in [0.1, 0.15) is 37.7 Å². The van der Waals surface area contributed by atoms with Crippen molar-refractivity contribution in [2.45, 2.75) is 44.2 Å². The Morgan fingerprint density at radius 3 is 2.60 bits per heavy atom. The molecule has 1 amide bonds. The van der Waals surface area contributed by atoms with Crippen LogP contribution in [-0.2, 0) is 16.1 Å². The predicted octanol–water partition coefficient (Wildman–Crippen LogP) is 4.42. The zero-order chi connectivity index (χ0) is 17.1. The number of benzene rings is 2. The molecule has 2 heterocycles. The fourth-order valence-electron chi connectivity index (χ4n) is 4.10. The van der Waals surface area contributed by atoms with Crippen LogP contribution < -0.4 is 0 Å². The minimum atomic E-state index is -0.0315. The molecule has 2 aliphatic rings. The second kappa shape index (κ2) is 7.01. The average Bonchev–Trinajstić information content (AvgIpc) is 3.07. The summed E-state index contributed by atoms with van der Waals surface area (Å²) in [6, 6.07) is 18.9. The van der Waals surface area contributed by atoms with Crippen LogP contribution in [0, 0.1) is 0 Å². The molecule has 2 aromatic carbocycles. The Balaban J connectivity index is 1.49. The van der Waals surface area contributed by atoms with Crippen LogP contribution in [0.25, 0.3) is 11.1 Å². The van der Waals surface area contributed by atoms with Crippen molar-refractivity contribution >= 4 is 5.91 Å². The summed E-state index contributed by atoms with van der Waals surface area (Å²) in [7, 11) is 0. The van der Waals surface area contributed by atoms with Gasteiger partial charge in [0.15, 0.2) is 0 Å². The van der Waals surface area contributed by atoms with E-state index in [1.165, 1.54) is 16.7 Å². The van der Waals surface area contributed by atoms with Gasteiger partial charge in [0.1, 0.15) is 0 Å². The number of hydrogen-bond donors (Lipinski definition) is 0. The third-order valence-corrected chi connectivity index (χ3v) is 5.58. The molecule has 130 valence electrons. The quantitative estimate of drug-likeness (QED) is 0.831. The number of amides is 1. The molecule has 1 atom stereocenters. The number of carbonyl (C=O) groups excluding carboxylic acids is 1. The molecular formula is C22H25NO2. The van der Waals surface area contributed by atoms with Gasteiger partial charge in [0.05, 0.1) is 5.60 Å². The van der Waals surface area contributed by atoms with Crippen LogP contribution in [0.5, 0.6) is 0 Å². The van der Waals surface area contributed by atoms with E-state index >= 15 is 0 Å². The van der Waals surface area contributed by atoms with E-state index in [0.717, 1.165) is 38.8 Å². The summed E-state index contributed by atoms with van der Waals surface area (Å²) in [6.07, 6.45) is 4.70. The lowest BCUT2D eigenvalue weighted by molar-refractivity contribution is -0.131. The first-order valence-electron chi connectivity index (χ1n) is 9.30. The van der Waals surface area contributed by atoms with Crippen LogP contribution in [0.3, 0.4) is 0 Å². The number of likely N-dealkylation sites (tertiary alicyclic amines) is 1. The highest BCUT2D eigenvalue weighted by Crippen LogP contribution is 2.36. The monoisotopic (exact) mass is 335 g/mol. The highest BCUT2D eigenvalue weighted by molar-refractivity contribution is 5.76. The number of ether oxygens (including phenoxy) is 1. The number of rotatable bonds is 3. The van der Waals surface area contributed by atoms with E-state index in [9.17, 15) is 4.79 Å². The Bertz CT molecular complexity index is 735. The second-order valence-electron chi connectivity index (χ2n) is 7.27. The van der Waals surface area contributed by atoms with Crippen LogP contribution in [0.4, 0.5) is 0 Å². The third kappa shape index (κ3) is 3.62. The van der Waals surface area contributed by atoms with Gasteiger partial charge in [-0.25, -0.2) is 0 Å². The van der Waals surface area contributed by atoms with Gasteiger partial charge in [-0.1, -0.05) is 48.5 Å². The molecule has 0 N–H and O–H groups in total. The van der Waals surface area contributed by atoms with Gasteiger partial charge in [-0.05, 0) is 48.4 Å². The number of nitrogens with zero attached hydrogens (tertiary/aromatic N) is 1. The summed E-state index contributed by atoms with van der Waals surface area (Å²) in [5, 5.41) is 0. The number of carbonyl (C=O) groups is 1. The van der Waals surface area contributed by atoms with Crippen LogP contribution in [0.15, 0.2) is 54.6 Å². The topological polar surface area (TPSA) is 29.5 Å². The van der Waals surface area contributed by atoms with Gasteiger partial charge in [-0.2, -0.15) is 0 Å². The highest BCUT2D eigenvalue weighted by Gasteiger charge is 2.38. The molecule has 3 nitrogen and oxygen atoms in total. The minimum absolute atomic E-state index is 0.0315. The lowest BCUT2D eigenvalue weighted by Gasteiger charge is -2.26. The van der Waals surface area contributed by atoms with Gasteiger partial charge < -0.3 is 9.64 Å². The molecule has 2 aromatic rings. The predicted molar refractivity (Wildman–Crippen MR) is 99.1 cm³/mol. The van der Waals surface area contributed by atoms with E-state index in [1.807, 2.05) is 11.0 Å². The molecule has 0 unspecified atom stereocenters. The standard InChI is InChI=1S/C22H25NO2/c24-21-10-12-22(11-5-15-25-22)13-14-23(21)17-18-6-4-9-20(16-18)19-7-2-1-3-8-19/h1-4,6-9,16H,5,10-15,17H2/t22-/m1/s1. The second-order valence-corrected chi connectivity index (χ2v) is 7.27. The summed E-state index contributed by atoms with van der Waals surface area (Å²) >= 11 is 0. The molecule has 2 saturated heterocycles. The zero-order valence-corrected chi connectivity index (χ0v) is 14.6. The normalized spacial score (nSPS) is 23.8. The van der Waals surface area contributed by atoms with Gasteiger partial charge >= 0.3 is 0 Å². The molecule has 4 rings (SSSR count). The molecule has 25 heavy (non-hydrogen) atoms. The Labute approximate surface area is 149 Å². The van der Waals surface area contributed by atoms with Gasteiger partial charge in [0.25, 0.3) is 0 Å². The van der Waals surface area contributed by atoms with Gasteiger partial charge in [-0.3, -0.25) is 4.79 Å². The van der Waals surface area contributed by atoms with E-state index in [-0.39, 0.29) is 11.5 Å². The SMILES string of the molecule is O=C1CC[C@]2(CCCO2)CCN1Cc1cccc(-c2ccccc2)c1. The van der Waals surface area contributed by atoms with E-state index in [4.69, 9.17) is 4.74 Å². The van der Waals surface area contributed by atoms with Crippen LogP contribution in [0.2, 0.25) is 0 Å². The average molecular weight is 335 g/mol. The van der Waals surface area contributed by atoms with E-state index in [1.54, 1.807) is 0 Å². The Hall–Kier alpha value is -2.13. The summed E-state index contributed by atoms with van der Waals surface area (Å²) in [4.78, 5) is 14.6. The van der Waals surface area contributed by atoms with Crippen molar-refractivity contribution < 1.29 is 9.53 Å². The fourth-order valence-corrected chi connectivity index (χ4v) is 4.10. The van der Waals surface area contributed by atoms with Gasteiger partial charge in [-0.15, -0.1) is 0 Å². The number of hydrogen-bond acceptors (Lipinski definition) is 2. The fraction of sp³-hybridized carbons (Fsp3) is 0.409. The molecule has 0 bridgehead atoms. The molecule has 0 aliphatic carbocycles. The molecule has 0 radical (unpaired) electrons. The molecule has 0 aromatic heterocycles. The first-order chi connectivity index (χ1) is 12.2. The van der Waals surface area contributed by atoms with Crippen molar-refractivity contribution in [3.63, 3.8) is 0 Å². The lowest BCUT2D eigenvalue weighted by Crippen LogP contribution is -2.32. The Morgan fingerprint density at radius 1 is 0.960 bits per heavy atom. The largest absolute Gasteiger partial charge is 0.375 e. The summed E-state index contributed by atoms with van der Waals surface area (Å²) < 4.78 is 6.01. The van der Waals surface area contributed by atoms with Crippen molar-refractivity contribution in [2.24, 2.45) is 0 Å². The maximum atomic E-state index is 12.6. The molecule has 1 spiro atoms. The van der Waals surface area contributed by atoms with Crippen LogP contribution >= 0.6 is 0 Å². The minimum Gasteiger partial charge on any atom is -0.375 e. The summed E-state index contributed by atoms with van der Waals surface area (Å²) in [5.41, 5.74) is 3.58. The molecule has 0 saturated carbocycles. The molecule has 2 fully saturated rings. The first-order valence-corrected chi connectivity index (χ1v) is 9.30. The smallest absolute Gasteiger partial charge is 0.222 e. The van der Waals surface area contributed by atoms with E-state index < -0.39 is 0 Å². The van der Waals surface area contributed by atoms with Crippen molar-refractivity contribution in [3.8, 4) is 11.1 Å². The van der Waals surface area contributed by atoms with Crippen molar-refractivity contribution in [1.29, 1.82) is 0 Å². The Kier molecular flexibility index (Phi) is 4.58. The maximum absolute atomic E-state index is 12.6. The third-order valence-electron chi connectivity index (χ3n) is 5.58. The summed E-state index contributed by atoms with van der Waals surface area (Å²) in [6.45, 7) is 2.34. The molecular weight excluding hydrogens is 310 g/mol. The highest BCUT2D eigenvalue weighted by atomic mass is 16.5. The van der Waals surface area contributed by atoms with Gasteiger partial charge in [0, 0.05) is 26.1 Å². The Morgan fingerprint density at radius 2 is 1.80 bits per heavy atom. The van der Waals surface area contributed by atoms with E-state index in [0.29, 0.717) is 13.0 Å². The van der Waals surface area contributed by atoms with Crippen LogP contribution in [-0.4, -0.2) is 29.6 Å². The lowest BCUT2D eigenvalue weighted by atomic mass is 9.92.